The van der Waals surface area contributed by atoms with Crippen molar-refractivity contribution in [3.05, 3.63) is 29.6 Å². The van der Waals surface area contributed by atoms with Crippen LogP contribution >= 0.6 is 0 Å². The van der Waals surface area contributed by atoms with Crippen molar-refractivity contribution in [1.29, 1.82) is 0 Å². The number of nitrogens with zero attached hydrogens (tertiary/aromatic N) is 1. The molecule has 3 heteroatoms. The second-order valence-electron chi connectivity index (χ2n) is 3.15. The standard InChI is InChI=1S/C10H14N2O/c1-3-7(2)9-5-4-8(6-12-9)10(11)13/h4-7H,3H2,1-2H3,(H2,11,13). The number of primary amides is 1. The van der Waals surface area contributed by atoms with Crippen LogP contribution in [0.25, 0.3) is 0 Å². The summed E-state index contributed by atoms with van der Waals surface area (Å²) in [5.41, 5.74) is 6.57. The Morgan fingerprint density at radius 2 is 2.31 bits per heavy atom. The van der Waals surface area contributed by atoms with Crippen LogP contribution < -0.4 is 5.73 Å². The van der Waals surface area contributed by atoms with E-state index in [4.69, 9.17) is 5.73 Å². The minimum Gasteiger partial charge on any atom is -0.366 e. The van der Waals surface area contributed by atoms with Crippen LogP contribution in [0.4, 0.5) is 0 Å². The molecule has 1 heterocycles. The summed E-state index contributed by atoms with van der Waals surface area (Å²) in [6.45, 7) is 4.21. The summed E-state index contributed by atoms with van der Waals surface area (Å²) in [4.78, 5) is 14.9. The molecule has 0 aliphatic rings. The lowest BCUT2D eigenvalue weighted by atomic mass is 10.0. The van der Waals surface area contributed by atoms with Gasteiger partial charge in [-0.1, -0.05) is 13.8 Å². The summed E-state index contributed by atoms with van der Waals surface area (Å²) in [5, 5.41) is 0. The molecule has 0 aliphatic heterocycles. The first-order valence-corrected chi connectivity index (χ1v) is 4.41. The van der Waals surface area contributed by atoms with Crippen LogP contribution in [-0.4, -0.2) is 10.9 Å². The third kappa shape index (κ3) is 2.28. The molecule has 1 aromatic heterocycles. The zero-order valence-corrected chi connectivity index (χ0v) is 7.95. The maximum Gasteiger partial charge on any atom is 0.250 e. The number of amides is 1. The Morgan fingerprint density at radius 1 is 1.62 bits per heavy atom. The van der Waals surface area contributed by atoms with Crippen molar-refractivity contribution in [2.45, 2.75) is 26.2 Å². The number of hydrogen-bond acceptors (Lipinski definition) is 2. The molecular formula is C10H14N2O. The third-order valence-electron chi connectivity index (χ3n) is 2.19. The number of carbonyl (C=O) groups is 1. The number of carbonyl (C=O) groups excluding carboxylic acids is 1. The van der Waals surface area contributed by atoms with Crippen molar-refractivity contribution >= 4 is 5.91 Å². The van der Waals surface area contributed by atoms with E-state index in [1.54, 1.807) is 6.07 Å². The molecule has 0 bridgehead atoms. The van der Waals surface area contributed by atoms with Crippen LogP contribution in [0.2, 0.25) is 0 Å². The van der Waals surface area contributed by atoms with Gasteiger partial charge in [0.25, 0.3) is 0 Å². The molecule has 3 nitrogen and oxygen atoms in total. The van der Waals surface area contributed by atoms with Gasteiger partial charge in [0.05, 0.1) is 5.56 Å². The Bertz CT molecular complexity index is 292. The normalized spacial score (nSPS) is 12.5. The van der Waals surface area contributed by atoms with E-state index in [0.717, 1.165) is 12.1 Å². The van der Waals surface area contributed by atoms with Gasteiger partial charge in [-0.3, -0.25) is 9.78 Å². The minimum absolute atomic E-state index is 0.428. The number of hydrogen-bond donors (Lipinski definition) is 1. The molecule has 2 N–H and O–H groups in total. The average Bonchev–Trinajstić information content (AvgIpc) is 2.17. The SMILES string of the molecule is CCC(C)c1ccc(C(N)=O)cn1. The van der Waals surface area contributed by atoms with Gasteiger partial charge < -0.3 is 5.73 Å². The Morgan fingerprint density at radius 3 is 2.69 bits per heavy atom. The Kier molecular flexibility index (Phi) is 3.01. The first-order valence-electron chi connectivity index (χ1n) is 4.41. The van der Waals surface area contributed by atoms with Gasteiger partial charge in [0.15, 0.2) is 0 Å². The Balaban J connectivity index is 2.87. The lowest BCUT2D eigenvalue weighted by molar-refractivity contribution is 0.1000. The summed E-state index contributed by atoms with van der Waals surface area (Å²) >= 11 is 0. The maximum absolute atomic E-state index is 10.7. The summed E-state index contributed by atoms with van der Waals surface area (Å²) in [5.74, 6) is 0.00475. The second kappa shape index (κ2) is 4.03. The van der Waals surface area contributed by atoms with Gasteiger partial charge in [-0.2, -0.15) is 0 Å². The molecule has 1 unspecified atom stereocenters. The molecule has 1 amide bonds. The van der Waals surface area contributed by atoms with Gasteiger partial charge in [0.2, 0.25) is 5.91 Å². The van der Waals surface area contributed by atoms with Crippen LogP contribution in [0.1, 0.15) is 42.2 Å². The third-order valence-corrected chi connectivity index (χ3v) is 2.19. The summed E-state index contributed by atoms with van der Waals surface area (Å²) in [6.07, 6.45) is 2.58. The molecule has 0 saturated carbocycles. The fourth-order valence-corrected chi connectivity index (χ4v) is 1.05. The predicted octanol–water partition coefficient (Wildman–Crippen LogP) is 1.69. The fraction of sp³-hybridized carbons (Fsp3) is 0.400. The van der Waals surface area contributed by atoms with Gasteiger partial charge in [-0.25, -0.2) is 0 Å². The number of aromatic nitrogens is 1. The highest BCUT2D eigenvalue weighted by molar-refractivity contribution is 5.92. The van der Waals surface area contributed by atoms with E-state index in [-0.39, 0.29) is 0 Å². The van der Waals surface area contributed by atoms with E-state index in [9.17, 15) is 4.79 Å². The number of pyridine rings is 1. The van der Waals surface area contributed by atoms with E-state index in [1.165, 1.54) is 6.20 Å². The quantitative estimate of drug-likeness (QED) is 0.765. The summed E-state index contributed by atoms with van der Waals surface area (Å²) in [6, 6.07) is 3.57. The van der Waals surface area contributed by atoms with Crippen molar-refractivity contribution in [2.75, 3.05) is 0 Å². The van der Waals surface area contributed by atoms with Crippen LogP contribution in [0.15, 0.2) is 18.3 Å². The van der Waals surface area contributed by atoms with Crippen LogP contribution in [0, 0.1) is 0 Å². The Hall–Kier alpha value is -1.38. The molecule has 0 fully saturated rings. The van der Waals surface area contributed by atoms with Crippen molar-refractivity contribution in [3.8, 4) is 0 Å². The lowest BCUT2D eigenvalue weighted by Crippen LogP contribution is -2.11. The topological polar surface area (TPSA) is 56.0 Å². The van der Waals surface area contributed by atoms with E-state index in [1.807, 2.05) is 6.07 Å². The van der Waals surface area contributed by atoms with Gasteiger partial charge >= 0.3 is 0 Å². The second-order valence-corrected chi connectivity index (χ2v) is 3.15. The van der Waals surface area contributed by atoms with Gasteiger partial charge in [0.1, 0.15) is 0 Å². The molecule has 1 aromatic rings. The lowest BCUT2D eigenvalue weighted by Gasteiger charge is -2.07. The first-order chi connectivity index (χ1) is 6.15. The van der Waals surface area contributed by atoms with E-state index in [2.05, 4.69) is 18.8 Å². The van der Waals surface area contributed by atoms with Crippen LogP contribution in [0.3, 0.4) is 0 Å². The highest BCUT2D eigenvalue weighted by Gasteiger charge is 2.05. The van der Waals surface area contributed by atoms with E-state index in [0.29, 0.717) is 11.5 Å². The minimum atomic E-state index is -0.428. The number of nitrogens with two attached hydrogens (primary N) is 1. The van der Waals surface area contributed by atoms with E-state index >= 15 is 0 Å². The first kappa shape index (κ1) is 9.71. The van der Waals surface area contributed by atoms with Crippen molar-refractivity contribution in [2.24, 2.45) is 5.73 Å². The zero-order chi connectivity index (χ0) is 9.84. The van der Waals surface area contributed by atoms with Gasteiger partial charge in [-0.05, 0) is 24.5 Å². The molecule has 0 radical (unpaired) electrons. The highest BCUT2D eigenvalue weighted by atomic mass is 16.1. The maximum atomic E-state index is 10.7. The number of rotatable bonds is 3. The Labute approximate surface area is 78.0 Å². The molecule has 13 heavy (non-hydrogen) atoms. The smallest absolute Gasteiger partial charge is 0.250 e. The van der Waals surface area contributed by atoms with Crippen molar-refractivity contribution in [1.82, 2.24) is 4.98 Å². The summed E-state index contributed by atoms with van der Waals surface area (Å²) < 4.78 is 0. The fourth-order valence-electron chi connectivity index (χ4n) is 1.05. The molecule has 1 rings (SSSR count). The highest BCUT2D eigenvalue weighted by Crippen LogP contribution is 2.15. The largest absolute Gasteiger partial charge is 0.366 e. The summed E-state index contributed by atoms with van der Waals surface area (Å²) in [7, 11) is 0. The molecule has 0 aromatic carbocycles. The molecule has 1 atom stereocenters. The molecule has 0 saturated heterocycles. The monoisotopic (exact) mass is 178 g/mol. The van der Waals surface area contributed by atoms with Crippen molar-refractivity contribution in [3.63, 3.8) is 0 Å². The molecule has 0 aliphatic carbocycles. The average molecular weight is 178 g/mol. The van der Waals surface area contributed by atoms with Gasteiger partial charge in [-0.15, -0.1) is 0 Å². The molecule has 70 valence electrons. The predicted molar refractivity (Wildman–Crippen MR) is 51.5 cm³/mol. The molecule has 0 spiro atoms. The molecular weight excluding hydrogens is 164 g/mol. The van der Waals surface area contributed by atoms with Crippen LogP contribution in [-0.2, 0) is 0 Å². The van der Waals surface area contributed by atoms with Crippen molar-refractivity contribution < 1.29 is 4.79 Å². The zero-order valence-electron chi connectivity index (χ0n) is 7.95. The van der Waals surface area contributed by atoms with Crippen LogP contribution in [0.5, 0.6) is 0 Å². The van der Waals surface area contributed by atoms with Gasteiger partial charge in [0, 0.05) is 11.9 Å². The van der Waals surface area contributed by atoms with E-state index < -0.39 is 5.91 Å².